The van der Waals surface area contributed by atoms with Gasteiger partial charge in [-0.05, 0) is 59.6 Å². The van der Waals surface area contributed by atoms with Crippen LogP contribution in [0.15, 0.2) is 48.5 Å². The van der Waals surface area contributed by atoms with Crippen LogP contribution in [-0.4, -0.2) is 41.9 Å². The third-order valence-electron chi connectivity index (χ3n) is 6.29. The Labute approximate surface area is 208 Å². The second-order valence-electron chi connectivity index (χ2n) is 10.6. The first-order valence-electron chi connectivity index (χ1n) is 12.4. The zero-order valence-electron chi connectivity index (χ0n) is 21.5. The van der Waals surface area contributed by atoms with Crippen molar-refractivity contribution in [2.45, 2.75) is 65.5 Å². The lowest BCUT2D eigenvalue weighted by atomic mass is 9.86. The summed E-state index contributed by atoms with van der Waals surface area (Å²) in [6.07, 6.45) is 2.07. The normalized spacial score (nSPS) is 14.5. The minimum absolute atomic E-state index is 0.00362. The van der Waals surface area contributed by atoms with Gasteiger partial charge in [0.15, 0.2) is 0 Å². The maximum absolute atomic E-state index is 12.9. The van der Waals surface area contributed by atoms with E-state index in [0.29, 0.717) is 17.8 Å². The van der Waals surface area contributed by atoms with E-state index in [0.717, 1.165) is 37.1 Å². The predicted molar refractivity (Wildman–Crippen MR) is 139 cm³/mol. The van der Waals surface area contributed by atoms with E-state index in [-0.39, 0.29) is 29.2 Å². The van der Waals surface area contributed by atoms with Gasteiger partial charge in [-0.3, -0.25) is 9.59 Å². The Morgan fingerprint density at radius 1 is 0.971 bits per heavy atom. The van der Waals surface area contributed by atoms with Gasteiger partial charge in [0.05, 0.1) is 0 Å². The number of nitrogens with one attached hydrogen (secondary N) is 3. The van der Waals surface area contributed by atoms with E-state index in [2.05, 4.69) is 36.7 Å². The fraction of sp³-hybridized carbons (Fsp3) is 0.464. The molecule has 0 bridgehead atoms. The van der Waals surface area contributed by atoms with Crippen molar-refractivity contribution in [2.24, 2.45) is 5.92 Å². The number of carbonyl (C=O) groups is 3. The lowest BCUT2D eigenvalue weighted by Crippen LogP contribution is -2.49. The van der Waals surface area contributed by atoms with Crippen LogP contribution < -0.4 is 16.0 Å². The molecule has 3 rings (SSSR count). The van der Waals surface area contributed by atoms with Gasteiger partial charge in [-0.25, -0.2) is 4.79 Å². The minimum Gasteiger partial charge on any atom is -0.350 e. The van der Waals surface area contributed by atoms with Crippen molar-refractivity contribution in [3.63, 3.8) is 0 Å². The molecule has 0 spiro atoms. The largest absolute Gasteiger partial charge is 0.350 e. The van der Waals surface area contributed by atoms with Crippen LogP contribution in [0, 0.1) is 5.92 Å². The zero-order chi connectivity index (χ0) is 25.6. The Balaban J connectivity index is 1.58. The maximum atomic E-state index is 12.9. The number of hydrogen-bond acceptors (Lipinski definition) is 3. The second kappa shape index (κ2) is 11.4. The quantitative estimate of drug-likeness (QED) is 0.540. The lowest BCUT2D eigenvalue weighted by molar-refractivity contribution is -0.124. The van der Waals surface area contributed by atoms with Crippen molar-refractivity contribution in [1.82, 2.24) is 15.5 Å². The van der Waals surface area contributed by atoms with Crippen molar-refractivity contribution in [3.8, 4) is 0 Å². The van der Waals surface area contributed by atoms with Crippen LogP contribution in [0.3, 0.4) is 0 Å². The topological polar surface area (TPSA) is 90.5 Å². The number of rotatable bonds is 7. The Kier molecular flexibility index (Phi) is 8.54. The summed E-state index contributed by atoms with van der Waals surface area (Å²) < 4.78 is 0. The van der Waals surface area contributed by atoms with Crippen LogP contribution in [0.2, 0.25) is 0 Å². The smallest absolute Gasteiger partial charge is 0.321 e. The molecule has 2 aromatic rings. The molecule has 3 N–H and O–H groups in total. The van der Waals surface area contributed by atoms with E-state index in [9.17, 15) is 14.4 Å². The highest BCUT2D eigenvalue weighted by molar-refractivity contribution is 5.97. The van der Waals surface area contributed by atoms with Crippen LogP contribution in [0.5, 0.6) is 0 Å². The van der Waals surface area contributed by atoms with E-state index in [4.69, 9.17) is 0 Å². The summed E-state index contributed by atoms with van der Waals surface area (Å²) in [5.74, 6) is -0.601. The standard InChI is InChI=1S/C28H38N4O3/c1-19(2)24(31-25(33)21-11-13-22(14-12-21)28(3,4)5)26(34)29-18-20-9-8-10-23(17-20)30-27(35)32-15-6-7-16-32/h8-14,17,19,24H,6-7,15-16,18H2,1-5H3,(H,29,34)(H,30,35)(H,31,33). The van der Waals surface area contributed by atoms with E-state index in [1.54, 1.807) is 17.0 Å². The number of likely N-dealkylation sites (tertiary alicyclic amines) is 1. The van der Waals surface area contributed by atoms with Crippen molar-refractivity contribution in [3.05, 3.63) is 65.2 Å². The highest BCUT2D eigenvalue weighted by Crippen LogP contribution is 2.22. The molecule has 1 fully saturated rings. The van der Waals surface area contributed by atoms with Gasteiger partial charge >= 0.3 is 6.03 Å². The zero-order valence-corrected chi connectivity index (χ0v) is 21.5. The number of anilines is 1. The third-order valence-corrected chi connectivity index (χ3v) is 6.29. The Morgan fingerprint density at radius 3 is 2.23 bits per heavy atom. The molecule has 0 radical (unpaired) electrons. The molecule has 1 atom stereocenters. The van der Waals surface area contributed by atoms with Crippen molar-refractivity contribution >= 4 is 23.5 Å². The Morgan fingerprint density at radius 2 is 1.63 bits per heavy atom. The summed E-state index contributed by atoms with van der Waals surface area (Å²) in [6.45, 7) is 12.0. The third kappa shape index (κ3) is 7.31. The summed E-state index contributed by atoms with van der Waals surface area (Å²) in [4.78, 5) is 39.9. The van der Waals surface area contributed by atoms with Gasteiger partial charge < -0.3 is 20.9 Å². The highest BCUT2D eigenvalue weighted by Gasteiger charge is 2.25. The van der Waals surface area contributed by atoms with Crippen LogP contribution >= 0.6 is 0 Å². The van der Waals surface area contributed by atoms with Crippen molar-refractivity contribution < 1.29 is 14.4 Å². The monoisotopic (exact) mass is 478 g/mol. The molecular weight excluding hydrogens is 440 g/mol. The number of amides is 4. The fourth-order valence-electron chi connectivity index (χ4n) is 4.06. The molecule has 35 heavy (non-hydrogen) atoms. The molecule has 2 aromatic carbocycles. The average molecular weight is 479 g/mol. The molecule has 7 nitrogen and oxygen atoms in total. The van der Waals surface area contributed by atoms with Crippen LogP contribution in [-0.2, 0) is 16.8 Å². The predicted octanol–water partition coefficient (Wildman–Crippen LogP) is 4.68. The molecule has 0 aliphatic carbocycles. The van der Waals surface area contributed by atoms with Crippen LogP contribution in [0.25, 0.3) is 0 Å². The van der Waals surface area contributed by atoms with Gasteiger partial charge in [-0.2, -0.15) is 0 Å². The number of hydrogen-bond donors (Lipinski definition) is 3. The van der Waals surface area contributed by atoms with Gasteiger partial charge in [0.2, 0.25) is 5.91 Å². The average Bonchev–Trinajstić information content (AvgIpc) is 3.36. The van der Waals surface area contributed by atoms with Crippen molar-refractivity contribution in [1.29, 1.82) is 0 Å². The maximum Gasteiger partial charge on any atom is 0.321 e. The number of nitrogens with zero attached hydrogens (tertiary/aromatic N) is 1. The molecule has 188 valence electrons. The first-order valence-corrected chi connectivity index (χ1v) is 12.4. The summed E-state index contributed by atoms with van der Waals surface area (Å²) >= 11 is 0. The van der Waals surface area contributed by atoms with Gasteiger partial charge in [0.25, 0.3) is 5.91 Å². The van der Waals surface area contributed by atoms with Crippen LogP contribution in [0.1, 0.15) is 68.9 Å². The Hall–Kier alpha value is -3.35. The van der Waals surface area contributed by atoms with Crippen LogP contribution in [0.4, 0.5) is 10.5 Å². The molecule has 1 aliphatic rings. The molecule has 1 heterocycles. The molecular formula is C28H38N4O3. The summed E-state index contributed by atoms with van der Waals surface area (Å²) in [6, 6.07) is 14.2. The Bertz CT molecular complexity index is 1030. The van der Waals surface area contributed by atoms with E-state index in [1.165, 1.54) is 0 Å². The molecule has 0 saturated carbocycles. The van der Waals surface area contributed by atoms with Gasteiger partial charge in [-0.1, -0.05) is 58.9 Å². The summed E-state index contributed by atoms with van der Waals surface area (Å²) in [5.41, 5.74) is 3.23. The summed E-state index contributed by atoms with van der Waals surface area (Å²) in [7, 11) is 0. The number of carbonyl (C=O) groups excluding carboxylic acids is 3. The van der Waals surface area contributed by atoms with Crippen molar-refractivity contribution in [2.75, 3.05) is 18.4 Å². The van der Waals surface area contributed by atoms with E-state index in [1.807, 2.05) is 50.2 Å². The SMILES string of the molecule is CC(C)C(NC(=O)c1ccc(C(C)(C)C)cc1)C(=O)NCc1cccc(NC(=O)N2CCCC2)c1. The van der Waals surface area contributed by atoms with Gasteiger partial charge in [-0.15, -0.1) is 0 Å². The highest BCUT2D eigenvalue weighted by atomic mass is 16.2. The minimum atomic E-state index is -0.664. The lowest BCUT2D eigenvalue weighted by Gasteiger charge is -2.22. The molecule has 1 unspecified atom stereocenters. The molecule has 4 amide bonds. The fourth-order valence-corrected chi connectivity index (χ4v) is 4.06. The van der Waals surface area contributed by atoms with Gasteiger partial charge in [0.1, 0.15) is 6.04 Å². The first-order chi connectivity index (χ1) is 16.5. The van der Waals surface area contributed by atoms with Gasteiger partial charge in [0, 0.05) is 30.9 Å². The molecule has 1 saturated heterocycles. The molecule has 7 heteroatoms. The molecule has 1 aliphatic heterocycles. The summed E-state index contributed by atoms with van der Waals surface area (Å²) in [5, 5.41) is 8.73. The van der Waals surface area contributed by atoms with E-state index >= 15 is 0 Å². The first kappa shape index (κ1) is 26.3. The second-order valence-corrected chi connectivity index (χ2v) is 10.6. The molecule has 0 aromatic heterocycles. The van der Waals surface area contributed by atoms with E-state index < -0.39 is 6.04 Å². The number of benzene rings is 2. The number of urea groups is 1.